The van der Waals surface area contributed by atoms with Gasteiger partial charge in [-0.25, -0.2) is 0 Å². The molecule has 0 bridgehead atoms. The largest absolute Gasteiger partial charge is 0.496 e. The Morgan fingerprint density at radius 2 is 2.29 bits per heavy atom. The first-order valence-corrected chi connectivity index (χ1v) is 6.43. The van der Waals surface area contributed by atoms with Gasteiger partial charge in [0, 0.05) is 0 Å². The van der Waals surface area contributed by atoms with E-state index in [0.717, 1.165) is 31.2 Å². The van der Waals surface area contributed by atoms with Crippen LogP contribution in [0.4, 0.5) is 0 Å². The Labute approximate surface area is 104 Å². The van der Waals surface area contributed by atoms with Crippen LogP contribution in [0.25, 0.3) is 0 Å². The van der Waals surface area contributed by atoms with E-state index >= 15 is 0 Å². The van der Waals surface area contributed by atoms with E-state index in [0.29, 0.717) is 0 Å². The highest BCUT2D eigenvalue weighted by atomic mass is 16.5. The zero-order valence-corrected chi connectivity index (χ0v) is 10.5. The van der Waals surface area contributed by atoms with Crippen LogP contribution in [0.1, 0.15) is 12.0 Å². The maximum absolute atomic E-state index is 5.34. The molecule has 1 aliphatic rings. The Kier molecular flexibility index (Phi) is 4.83. The lowest BCUT2D eigenvalue weighted by Gasteiger charge is -2.11. The van der Waals surface area contributed by atoms with Crippen molar-refractivity contribution in [2.24, 2.45) is 5.92 Å². The first-order chi connectivity index (χ1) is 8.40. The van der Waals surface area contributed by atoms with Crippen LogP contribution in [-0.2, 0) is 6.42 Å². The van der Waals surface area contributed by atoms with Gasteiger partial charge in [-0.2, -0.15) is 0 Å². The molecule has 0 spiro atoms. The summed E-state index contributed by atoms with van der Waals surface area (Å²) < 4.78 is 5.34. The zero-order chi connectivity index (χ0) is 11.9. The van der Waals surface area contributed by atoms with Gasteiger partial charge in [0.1, 0.15) is 5.75 Å². The Morgan fingerprint density at radius 1 is 1.41 bits per heavy atom. The fourth-order valence-electron chi connectivity index (χ4n) is 2.33. The Morgan fingerprint density at radius 3 is 3.06 bits per heavy atom. The molecule has 0 aromatic heterocycles. The molecule has 1 fully saturated rings. The topological polar surface area (TPSA) is 33.3 Å². The molecule has 3 heteroatoms. The maximum Gasteiger partial charge on any atom is 0.122 e. The van der Waals surface area contributed by atoms with Gasteiger partial charge in [-0.15, -0.1) is 0 Å². The molecule has 0 saturated carbocycles. The standard InChI is InChI=1S/C14H22N2O/c1-17-14-5-3-2-4-13(14)7-9-16-11-12-6-8-15-10-12/h2-5,12,15-16H,6-11H2,1H3. The first kappa shape index (κ1) is 12.4. The molecule has 0 aliphatic carbocycles. The summed E-state index contributed by atoms with van der Waals surface area (Å²) in [5, 5.41) is 6.92. The van der Waals surface area contributed by atoms with Crippen molar-refractivity contribution in [3.8, 4) is 5.75 Å². The lowest BCUT2D eigenvalue weighted by atomic mass is 10.1. The molecule has 1 heterocycles. The third-order valence-corrected chi connectivity index (χ3v) is 3.36. The van der Waals surface area contributed by atoms with Gasteiger partial charge in [-0.3, -0.25) is 0 Å². The van der Waals surface area contributed by atoms with Crippen molar-refractivity contribution in [1.82, 2.24) is 10.6 Å². The quantitative estimate of drug-likeness (QED) is 0.731. The number of benzene rings is 1. The summed E-state index contributed by atoms with van der Waals surface area (Å²) in [7, 11) is 1.73. The molecule has 94 valence electrons. The van der Waals surface area contributed by atoms with Gasteiger partial charge in [-0.1, -0.05) is 18.2 Å². The molecule has 1 aromatic rings. The highest BCUT2D eigenvalue weighted by molar-refractivity contribution is 5.33. The summed E-state index contributed by atoms with van der Waals surface area (Å²) in [5.74, 6) is 1.81. The minimum atomic E-state index is 0.813. The van der Waals surface area contributed by atoms with Crippen LogP contribution < -0.4 is 15.4 Å². The summed E-state index contributed by atoms with van der Waals surface area (Å²) in [6, 6.07) is 8.24. The fourth-order valence-corrected chi connectivity index (χ4v) is 2.33. The van der Waals surface area contributed by atoms with Gasteiger partial charge in [0.25, 0.3) is 0 Å². The van der Waals surface area contributed by atoms with E-state index in [1.54, 1.807) is 7.11 Å². The Balaban J connectivity index is 1.70. The smallest absolute Gasteiger partial charge is 0.122 e. The molecule has 0 amide bonds. The number of rotatable bonds is 6. The van der Waals surface area contributed by atoms with Gasteiger partial charge in [0.2, 0.25) is 0 Å². The second-order valence-corrected chi connectivity index (χ2v) is 4.62. The number of hydrogen-bond donors (Lipinski definition) is 2. The first-order valence-electron chi connectivity index (χ1n) is 6.43. The predicted octanol–water partition coefficient (Wildman–Crippen LogP) is 1.44. The zero-order valence-electron chi connectivity index (χ0n) is 10.5. The number of hydrogen-bond acceptors (Lipinski definition) is 3. The Bertz CT molecular complexity index is 335. The lowest BCUT2D eigenvalue weighted by Crippen LogP contribution is -2.26. The van der Waals surface area contributed by atoms with Gasteiger partial charge < -0.3 is 15.4 Å². The van der Waals surface area contributed by atoms with Crippen LogP contribution in [-0.4, -0.2) is 33.3 Å². The molecular formula is C14H22N2O. The van der Waals surface area contributed by atoms with E-state index in [1.807, 2.05) is 12.1 Å². The third-order valence-electron chi connectivity index (χ3n) is 3.36. The average Bonchev–Trinajstić information content (AvgIpc) is 2.88. The molecule has 2 N–H and O–H groups in total. The summed E-state index contributed by atoms with van der Waals surface area (Å²) in [4.78, 5) is 0. The van der Waals surface area contributed by atoms with Crippen molar-refractivity contribution in [2.75, 3.05) is 33.3 Å². The van der Waals surface area contributed by atoms with Crippen molar-refractivity contribution >= 4 is 0 Å². The molecule has 2 rings (SSSR count). The second-order valence-electron chi connectivity index (χ2n) is 4.62. The van der Waals surface area contributed by atoms with Crippen molar-refractivity contribution in [3.63, 3.8) is 0 Å². The molecule has 1 unspecified atom stereocenters. The monoisotopic (exact) mass is 234 g/mol. The second kappa shape index (κ2) is 6.62. The lowest BCUT2D eigenvalue weighted by molar-refractivity contribution is 0.408. The fraction of sp³-hybridized carbons (Fsp3) is 0.571. The minimum absolute atomic E-state index is 0.813. The van der Waals surface area contributed by atoms with E-state index in [1.165, 1.54) is 25.1 Å². The molecule has 1 atom stereocenters. The molecule has 1 aliphatic heterocycles. The minimum Gasteiger partial charge on any atom is -0.496 e. The average molecular weight is 234 g/mol. The molecule has 1 aromatic carbocycles. The molecule has 17 heavy (non-hydrogen) atoms. The van der Waals surface area contributed by atoms with Crippen LogP contribution in [0.3, 0.4) is 0 Å². The van der Waals surface area contributed by atoms with Crippen molar-refractivity contribution in [2.45, 2.75) is 12.8 Å². The third kappa shape index (κ3) is 3.72. The van der Waals surface area contributed by atoms with E-state index in [9.17, 15) is 0 Å². The van der Waals surface area contributed by atoms with Crippen LogP contribution in [0.5, 0.6) is 5.75 Å². The summed E-state index contributed by atoms with van der Waals surface area (Å²) in [6.45, 7) is 4.50. The van der Waals surface area contributed by atoms with Crippen LogP contribution in [0.15, 0.2) is 24.3 Å². The summed E-state index contributed by atoms with van der Waals surface area (Å²) in [5.41, 5.74) is 1.28. The van der Waals surface area contributed by atoms with Crippen LogP contribution in [0, 0.1) is 5.92 Å². The van der Waals surface area contributed by atoms with E-state index < -0.39 is 0 Å². The van der Waals surface area contributed by atoms with E-state index in [2.05, 4.69) is 22.8 Å². The van der Waals surface area contributed by atoms with E-state index in [4.69, 9.17) is 4.74 Å². The predicted molar refractivity (Wildman–Crippen MR) is 70.5 cm³/mol. The van der Waals surface area contributed by atoms with E-state index in [-0.39, 0.29) is 0 Å². The number of methoxy groups -OCH3 is 1. The SMILES string of the molecule is COc1ccccc1CCNCC1CCNC1. The number of nitrogens with one attached hydrogen (secondary N) is 2. The molecule has 3 nitrogen and oxygen atoms in total. The van der Waals surface area contributed by atoms with Crippen LogP contribution >= 0.6 is 0 Å². The van der Waals surface area contributed by atoms with Crippen molar-refractivity contribution < 1.29 is 4.74 Å². The number of para-hydroxylation sites is 1. The van der Waals surface area contributed by atoms with Gasteiger partial charge in [0.05, 0.1) is 7.11 Å². The maximum atomic E-state index is 5.34. The molecule has 0 radical (unpaired) electrons. The molecule has 1 saturated heterocycles. The van der Waals surface area contributed by atoms with Gasteiger partial charge >= 0.3 is 0 Å². The number of ether oxygens (including phenoxy) is 1. The molecular weight excluding hydrogens is 212 g/mol. The summed E-state index contributed by atoms with van der Waals surface area (Å²) in [6.07, 6.45) is 2.34. The highest BCUT2D eigenvalue weighted by Crippen LogP contribution is 2.17. The van der Waals surface area contributed by atoms with Crippen molar-refractivity contribution in [3.05, 3.63) is 29.8 Å². The highest BCUT2D eigenvalue weighted by Gasteiger charge is 2.13. The normalized spacial score (nSPS) is 19.5. The van der Waals surface area contributed by atoms with Gasteiger partial charge in [-0.05, 0) is 56.6 Å². The Hall–Kier alpha value is -1.06. The summed E-state index contributed by atoms with van der Waals surface area (Å²) >= 11 is 0. The van der Waals surface area contributed by atoms with Crippen LogP contribution in [0.2, 0.25) is 0 Å². The van der Waals surface area contributed by atoms with Crippen molar-refractivity contribution in [1.29, 1.82) is 0 Å². The van der Waals surface area contributed by atoms with Gasteiger partial charge in [0.15, 0.2) is 0 Å².